The molecule has 90 valence electrons. The van der Waals surface area contributed by atoms with E-state index in [9.17, 15) is 0 Å². The number of nitrogens with one attached hydrogen (secondary N) is 1. The minimum Gasteiger partial charge on any atom is -0.374 e. The summed E-state index contributed by atoms with van der Waals surface area (Å²) in [5.74, 6) is 0.624. The van der Waals surface area contributed by atoms with Crippen molar-refractivity contribution in [2.45, 2.75) is 26.4 Å². The van der Waals surface area contributed by atoms with E-state index in [-0.39, 0.29) is 5.60 Å². The van der Waals surface area contributed by atoms with Crippen LogP contribution in [0.3, 0.4) is 0 Å². The third-order valence-electron chi connectivity index (χ3n) is 2.02. The third-order valence-corrected chi connectivity index (χ3v) is 2.52. The molecule has 0 aliphatic heterocycles. The molecule has 1 rings (SSSR count). The lowest BCUT2D eigenvalue weighted by Crippen LogP contribution is -2.33. The molecule has 1 aromatic heterocycles. The van der Waals surface area contributed by atoms with Crippen LogP contribution in [0.1, 0.15) is 20.8 Å². The molecule has 0 amide bonds. The predicted octanol–water partition coefficient (Wildman–Crippen LogP) is 3.62. The van der Waals surface area contributed by atoms with E-state index in [1.54, 1.807) is 12.3 Å². The Morgan fingerprint density at radius 1 is 1.44 bits per heavy atom. The fraction of sp³-hybridized carbons (Fsp3) is 0.545. The van der Waals surface area contributed by atoms with Crippen LogP contribution in [0.5, 0.6) is 0 Å². The summed E-state index contributed by atoms with van der Waals surface area (Å²) in [6.45, 7) is 7.29. The smallest absolute Gasteiger partial charge is 0.144 e. The zero-order valence-electron chi connectivity index (χ0n) is 9.68. The van der Waals surface area contributed by atoms with Crippen molar-refractivity contribution in [3.05, 3.63) is 22.3 Å². The van der Waals surface area contributed by atoms with Gasteiger partial charge in [0.2, 0.25) is 0 Å². The Labute approximate surface area is 106 Å². The number of pyridine rings is 1. The Balaban J connectivity index is 2.61. The van der Waals surface area contributed by atoms with Gasteiger partial charge in [-0.15, -0.1) is 0 Å². The number of anilines is 1. The molecule has 0 spiro atoms. The number of rotatable bonds is 5. The van der Waals surface area contributed by atoms with Crippen molar-refractivity contribution in [1.82, 2.24) is 4.98 Å². The number of hydrogen-bond donors (Lipinski definition) is 1. The summed E-state index contributed by atoms with van der Waals surface area (Å²) in [6, 6.07) is 1.66. The topological polar surface area (TPSA) is 34.1 Å². The summed E-state index contributed by atoms with van der Waals surface area (Å²) < 4.78 is 5.56. The van der Waals surface area contributed by atoms with Crippen LogP contribution in [-0.2, 0) is 4.74 Å². The minimum absolute atomic E-state index is 0.251. The first-order valence-corrected chi connectivity index (χ1v) is 5.89. The SMILES string of the molecule is CCOC(C)(C)CNc1ncc(Cl)cc1Cl. The zero-order valence-corrected chi connectivity index (χ0v) is 11.2. The van der Waals surface area contributed by atoms with Gasteiger partial charge in [-0.05, 0) is 26.8 Å². The van der Waals surface area contributed by atoms with Gasteiger partial charge in [0.25, 0.3) is 0 Å². The molecule has 0 saturated carbocycles. The van der Waals surface area contributed by atoms with Gasteiger partial charge in [0.05, 0.1) is 15.6 Å². The van der Waals surface area contributed by atoms with Gasteiger partial charge >= 0.3 is 0 Å². The Morgan fingerprint density at radius 3 is 2.69 bits per heavy atom. The number of hydrogen-bond acceptors (Lipinski definition) is 3. The quantitative estimate of drug-likeness (QED) is 0.881. The van der Waals surface area contributed by atoms with E-state index in [4.69, 9.17) is 27.9 Å². The van der Waals surface area contributed by atoms with Crippen LogP contribution in [0, 0.1) is 0 Å². The molecule has 0 bridgehead atoms. The van der Waals surface area contributed by atoms with Crippen LogP contribution in [0.2, 0.25) is 10.0 Å². The van der Waals surface area contributed by atoms with E-state index >= 15 is 0 Å². The first-order valence-electron chi connectivity index (χ1n) is 5.13. The zero-order chi connectivity index (χ0) is 12.2. The van der Waals surface area contributed by atoms with E-state index in [1.165, 1.54) is 0 Å². The van der Waals surface area contributed by atoms with Crippen LogP contribution >= 0.6 is 23.2 Å². The lowest BCUT2D eigenvalue weighted by molar-refractivity contribution is 0.000646. The van der Waals surface area contributed by atoms with E-state index in [2.05, 4.69) is 10.3 Å². The second-order valence-electron chi connectivity index (χ2n) is 4.03. The largest absolute Gasteiger partial charge is 0.374 e. The molecule has 0 saturated heterocycles. The molecule has 0 aliphatic rings. The maximum absolute atomic E-state index is 5.99. The van der Waals surface area contributed by atoms with Gasteiger partial charge in [0, 0.05) is 19.3 Å². The molecule has 16 heavy (non-hydrogen) atoms. The van der Waals surface area contributed by atoms with Crippen LogP contribution < -0.4 is 5.32 Å². The second-order valence-corrected chi connectivity index (χ2v) is 4.87. The van der Waals surface area contributed by atoms with E-state index < -0.39 is 0 Å². The highest BCUT2D eigenvalue weighted by atomic mass is 35.5. The first-order chi connectivity index (χ1) is 7.44. The standard InChI is InChI=1S/C11H16Cl2N2O/c1-4-16-11(2,3)7-15-10-9(13)5-8(12)6-14-10/h5-6H,4,7H2,1-3H3,(H,14,15). The van der Waals surface area contributed by atoms with Crippen molar-refractivity contribution in [2.24, 2.45) is 0 Å². The van der Waals surface area contributed by atoms with Gasteiger partial charge in [0.15, 0.2) is 0 Å². The maximum atomic E-state index is 5.99. The highest BCUT2D eigenvalue weighted by Gasteiger charge is 2.17. The van der Waals surface area contributed by atoms with Gasteiger partial charge < -0.3 is 10.1 Å². The average molecular weight is 263 g/mol. The first kappa shape index (κ1) is 13.6. The minimum atomic E-state index is -0.251. The molecule has 1 aromatic rings. The summed E-state index contributed by atoms with van der Waals surface area (Å²) in [6.07, 6.45) is 1.56. The molecule has 0 aromatic carbocycles. The molecule has 1 heterocycles. The third kappa shape index (κ3) is 4.16. The number of halogens is 2. The highest BCUT2D eigenvalue weighted by Crippen LogP contribution is 2.23. The molecule has 0 aliphatic carbocycles. The summed E-state index contributed by atoms with van der Waals surface area (Å²) >= 11 is 11.7. The summed E-state index contributed by atoms with van der Waals surface area (Å²) in [5, 5.41) is 4.18. The Morgan fingerprint density at radius 2 is 2.12 bits per heavy atom. The number of nitrogens with zero attached hydrogens (tertiary/aromatic N) is 1. The molecule has 3 nitrogen and oxygen atoms in total. The van der Waals surface area contributed by atoms with Crippen molar-refractivity contribution in [2.75, 3.05) is 18.5 Å². The van der Waals surface area contributed by atoms with Crippen molar-refractivity contribution >= 4 is 29.0 Å². The molecule has 0 unspecified atom stereocenters. The fourth-order valence-electron chi connectivity index (χ4n) is 1.28. The second kappa shape index (κ2) is 5.71. The number of aromatic nitrogens is 1. The summed E-state index contributed by atoms with van der Waals surface area (Å²) in [5.41, 5.74) is -0.251. The van der Waals surface area contributed by atoms with Crippen LogP contribution in [-0.4, -0.2) is 23.7 Å². The lowest BCUT2D eigenvalue weighted by Gasteiger charge is -2.25. The van der Waals surface area contributed by atoms with Gasteiger partial charge in [0.1, 0.15) is 5.82 Å². The van der Waals surface area contributed by atoms with Gasteiger partial charge in [-0.25, -0.2) is 4.98 Å². The highest BCUT2D eigenvalue weighted by molar-refractivity contribution is 6.35. The van der Waals surface area contributed by atoms with Gasteiger partial charge in [-0.3, -0.25) is 0 Å². The predicted molar refractivity (Wildman–Crippen MR) is 68.5 cm³/mol. The Hall–Kier alpha value is -0.510. The van der Waals surface area contributed by atoms with Crippen LogP contribution in [0.4, 0.5) is 5.82 Å². The van der Waals surface area contributed by atoms with Crippen molar-refractivity contribution in [1.29, 1.82) is 0 Å². The average Bonchev–Trinajstić information content (AvgIpc) is 2.16. The molecular formula is C11H16Cl2N2O. The molecule has 0 fully saturated rings. The molecule has 0 atom stereocenters. The fourth-order valence-corrected chi connectivity index (χ4v) is 1.73. The van der Waals surface area contributed by atoms with E-state index in [0.29, 0.717) is 29.0 Å². The molecular weight excluding hydrogens is 247 g/mol. The Kier molecular flexibility index (Phi) is 4.84. The van der Waals surface area contributed by atoms with Crippen LogP contribution in [0.15, 0.2) is 12.3 Å². The molecule has 1 N–H and O–H groups in total. The summed E-state index contributed by atoms with van der Waals surface area (Å²) in [7, 11) is 0. The van der Waals surface area contributed by atoms with Crippen molar-refractivity contribution in [3.63, 3.8) is 0 Å². The molecule has 0 radical (unpaired) electrons. The Bertz CT molecular complexity index is 356. The maximum Gasteiger partial charge on any atom is 0.144 e. The van der Waals surface area contributed by atoms with Gasteiger partial charge in [-0.1, -0.05) is 23.2 Å². The van der Waals surface area contributed by atoms with Crippen molar-refractivity contribution < 1.29 is 4.74 Å². The normalized spacial score (nSPS) is 11.6. The van der Waals surface area contributed by atoms with Crippen LogP contribution in [0.25, 0.3) is 0 Å². The monoisotopic (exact) mass is 262 g/mol. The van der Waals surface area contributed by atoms with Crippen molar-refractivity contribution in [3.8, 4) is 0 Å². The molecule has 5 heteroatoms. The lowest BCUT2D eigenvalue weighted by atomic mass is 10.1. The summed E-state index contributed by atoms with van der Waals surface area (Å²) in [4.78, 5) is 4.11. The van der Waals surface area contributed by atoms with E-state index in [0.717, 1.165) is 0 Å². The van der Waals surface area contributed by atoms with E-state index in [1.807, 2.05) is 20.8 Å². The van der Waals surface area contributed by atoms with Gasteiger partial charge in [-0.2, -0.15) is 0 Å². The number of ether oxygens (including phenoxy) is 1.